The van der Waals surface area contributed by atoms with Crippen LogP contribution < -0.4 is 0 Å². The van der Waals surface area contributed by atoms with E-state index in [1.807, 2.05) is 24.3 Å². The molecule has 75 valence electrons. The molecule has 0 spiro atoms. The molecule has 0 heterocycles. The van der Waals surface area contributed by atoms with Crippen molar-refractivity contribution in [3.8, 4) is 0 Å². The molecule has 0 unspecified atom stereocenters. The van der Waals surface area contributed by atoms with Gasteiger partial charge in [0.2, 0.25) is 0 Å². The summed E-state index contributed by atoms with van der Waals surface area (Å²) in [6.45, 7) is 0. The molecular weight excluding hydrogens is 196 g/mol. The summed E-state index contributed by atoms with van der Waals surface area (Å²) >= 11 is 0. The maximum absolute atomic E-state index is 10.9. The van der Waals surface area contributed by atoms with E-state index >= 15 is 0 Å². The SMILES string of the molecule is O=Cc1[c]ccc2cc3ccccc3cc12. The van der Waals surface area contributed by atoms with Gasteiger partial charge < -0.3 is 0 Å². The van der Waals surface area contributed by atoms with Gasteiger partial charge in [-0.3, -0.25) is 4.79 Å². The van der Waals surface area contributed by atoms with Crippen LogP contribution in [0.15, 0.2) is 48.5 Å². The lowest BCUT2D eigenvalue weighted by Crippen LogP contribution is -1.84. The summed E-state index contributed by atoms with van der Waals surface area (Å²) < 4.78 is 0. The molecule has 0 saturated heterocycles. The molecule has 16 heavy (non-hydrogen) atoms. The summed E-state index contributed by atoms with van der Waals surface area (Å²) in [5, 5.41) is 4.39. The first kappa shape index (κ1) is 9.10. The van der Waals surface area contributed by atoms with Crippen molar-refractivity contribution in [1.82, 2.24) is 0 Å². The fraction of sp³-hybridized carbons (Fsp3) is 0. The van der Waals surface area contributed by atoms with Gasteiger partial charge in [0, 0.05) is 5.56 Å². The Hall–Kier alpha value is -2.15. The summed E-state index contributed by atoms with van der Waals surface area (Å²) in [4.78, 5) is 10.9. The zero-order valence-electron chi connectivity index (χ0n) is 8.60. The second-order valence-corrected chi connectivity index (χ2v) is 3.80. The molecule has 3 aromatic carbocycles. The van der Waals surface area contributed by atoms with Crippen molar-refractivity contribution in [1.29, 1.82) is 0 Å². The molecule has 1 radical (unpaired) electrons. The van der Waals surface area contributed by atoms with Crippen LogP contribution in [0.3, 0.4) is 0 Å². The average molecular weight is 205 g/mol. The van der Waals surface area contributed by atoms with Crippen molar-refractivity contribution < 1.29 is 4.79 Å². The second-order valence-electron chi connectivity index (χ2n) is 3.80. The minimum absolute atomic E-state index is 0.628. The van der Waals surface area contributed by atoms with Crippen LogP contribution in [-0.2, 0) is 0 Å². The van der Waals surface area contributed by atoms with Gasteiger partial charge in [0.1, 0.15) is 0 Å². The van der Waals surface area contributed by atoms with Crippen molar-refractivity contribution in [2.24, 2.45) is 0 Å². The zero-order chi connectivity index (χ0) is 11.0. The van der Waals surface area contributed by atoms with E-state index < -0.39 is 0 Å². The number of rotatable bonds is 1. The van der Waals surface area contributed by atoms with Crippen LogP contribution in [0, 0.1) is 6.07 Å². The number of aldehydes is 1. The van der Waals surface area contributed by atoms with Gasteiger partial charge in [-0.15, -0.1) is 0 Å². The van der Waals surface area contributed by atoms with Crippen molar-refractivity contribution in [2.75, 3.05) is 0 Å². The highest BCUT2D eigenvalue weighted by molar-refractivity contribution is 6.04. The second kappa shape index (κ2) is 3.46. The van der Waals surface area contributed by atoms with Crippen LogP contribution in [0.1, 0.15) is 10.4 Å². The number of carbonyl (C=O) groups excluding carboxylic acids is 1. The molecule has 0 aliphatic rings. The van der Waals surface area contributed by atoms with E-state index in [0.29, 0.717) is 5.56 Å². The molecule has 0 atom stereocenters. The van der Waals surface area contributed by atoms with Gasteiger partial charge in [-0.25, -0.2) is 0 Å². The minimum atomic E-state index is 0.628. The lowest BCUT2D eigenvalue weighted by Gasteiger charge is -2.03. The van der Waals surface area contributed by atoms with Crippen LogP contribution in [0.25, 0.3) is 21.5 Å². The Bertz CT molecular complexity index is 683. The largest absolute Gasteiger partial charge is 0.298 e. The lowest BCUT2D eigenvalue weighted by atomic mass is 10.0. The average Bonchev–Trinajstić information content (AvgIpc) is 2.35. The highest BCUT2D eigenvalue weighted by Gasteiger charge is 2.01. The van der Waals surface area contributed by atoms with E-state index in [1.165, 1.54) is 5.39 Å². The first-order chi connectivity index (χ1) is 7.88. The fourth-order valence-corrected chi connectivity index (χ4v) is 2.03. The van der Waals surface area contributed by atoms with Gasteiger partial charge in [0.25, 0.3) is 0 Å². The predicted octanol–water partition coefficient (Wildman–Crippen LogP) is 3.61. The molecule has 0 bridgehead atoms. The number of hydrogen-bond acceptors (Lipinski definition) is 1. The summed E-state index contributed by atoms with van der Waals surface area (Å²) in [7, 11) is 0. The Morgan fingerprint density at radius 1 is 0.938 bits per heavy atom. The molecular formula is C15H9O. The van der Waals surface area contributed by atoms with Gasteiger partial charge in [-0.2, -0.15) is 0 Å². The number of benzene rings is 3. The molecule has 3 aromatic rings. The van der Waals surface area contributed by atoms with Crippen LogP contribution in [-0.4, -0.2) is 6.29 Å². The fourth-order valence-electron chi connectivity index (χ4n) is 2.03. The summed E-state index contributed by atoms with van der Waals surface area (Å²) in [6.07, 6.45) is 0.858. The molecule has 1 nitrogen and oxygen atoms in total. The van der Waals surface area contributed by atoms with Crippen LogP contribution >= 0.6 is 0 Å². The number of carbonyl (C=O) groups is 1. The third-order valence-corrected chi connectivity index (χ3v) is 2.83. The van der Waals surface area contributed by atoms with E-state index in [2.05, 4.69) is 24.3 Å². The smallest absolute Gasteiger partial charge is 0.151 e. The van der Waals surface area contributed by atoms with E-state index in [-0.39, 0.29) is 0 Å². The summed E-state index contributed by atoms with van der Waals surface area (Å²) in [5.74, 6) is 0. The molecule has 0 fully saturated rings. The first-order valence-corrected chi connectivity index (χ1v) is 5.17. The maximum atomic E-state index is 10.9. The van der Waals surface area contributed by atoms with Gasteiger partial charge in [-0.1, -0.05) is 36.4 Å². The predicted molar refractivity (Wildman–Crippen MR) is 65.7 cm³/mol. The van der Waals surface area contributed by atoms with E-state index in [0.717, 1.165) is 22.4 Å². The van der Waals surface area contributed by atoms with Gasteiger partial charge in [0.05, 0.1) is 0 Å². The molecule has 0 amide bonds. The molecule has 3 rings (SSSR count). The zero-order valence-corrected chi connectivity index (χ0v) is 8.60. The first-order valence-electron chi connectivity index (χ1n) is 5.17. The van der Waals surface area contributed by atoms with Crippen molar-refractivity contribution in [3.05, 3.63) is 60.2 Å². The topological polar surface area (TPSA) is 17.1 Å². The molecule has 1 heteroatoms. The number of fused-ring (bicyclic) bond motifs is 2. The van der Waals surface area contributed by atoms with Crippen molar-refractivity contribution >= 4 is 27.8 Å². The highest BCUT2D eigenvalue weighted by Crippen LogP contribution is 2.24. The van der Waals surface area contributed by atoms with Gasteiger partial charge in [0.15, 0.2) is 6.29 Å². The van der Waals surface area contributed by atoms with Gasteiger partial charge >= 0.3 is 0 Å². The minimum Gasteiger partial charge on any atom is -0.298 e. The number of hydrogen-bond donors (Lipinski definition) is 0. The van der Waals surface area contributed by atoms with Gasteiger partial charge in [-0.05, 0) is 39.7 Å². The molecule has 0 aliphatic carbocycles. The van der Waals surface area contributed by atoms with E-state index in [9.17, 15) is 4.79 Å². The quantitative estimate of drug-likeness (QED) is 0.438. The molecule has 0 N–H and O–H groups in total. The monoisotopic (exact) mass is 205 g/mol. The molecule has 0 saturated carbocycles. The Labute approximate surface area is 93.3 Å². The van der Waals surface area contributed by atoms with Crippen LogP contribution in [0.4, 0.5) is 0 Å². The van der Waals surface area contributed by atoms with Crippen LogP contribution in [0.2, 0.25) is 0 Å². The molecule has 0 aliphatic heterocycles. The maximum Gasteiger partial charge on any atom is 0.151 e. The Balaban J connectivity index is 2.51. The van der Waals surface area contributed by atoms with E-state index in [4.69, 9.17) is 0 Å². The normalized spacial score (nSPS) is 10.8. The Kier molecular flexibility index (Phi) is 1.97. The standard InChI is InChI=1S/C15H9O/c16-10-14-7-3-6-13-8-11-4-1-2-5-12(11)9-15(13)14/h1-6,8-10H. The van der Waals surface area contributed by atoms with Crippen molar-refractivity contribution in [2.45, 2.75) is 0 Å². The molecule has 0 aromatic heterocycles. The van der Waals surface area contributed by atoms with E-state index in [1.54, 1.807) is 6.07 Å². The highest BCUT2D eigenvalue weighted by atomic mass is 16.1. The lowest BCUT2D eigenvalue weighted by molar-refractivity contribution is 0.112. The van der Waals surface area contributed by atoms with Crippen LogP contribution in [0.5, 0.6) is 0 Å². The third-order valence-electron chi connectivity index (χ3n) is 2.83. The third kappa shape index (κ3) is 1.29. The Morgan fingerprint density at radius 2 is 1.69 bits per heavy atom. The Morgan fingerprint density at radius 3 is 2.44 bits per heavy atom. The summed E-state index contributed by atoms with van der Waals surface area (Å²) in [6, 6.07) is 19.0. The summed E-state index contributed by atoms with van der Waals surface area (Å²) in [5.41, 5.74) is 0.628. The van der Waals surface area contributed by atoms with Crippen molar-refractivity contribution in [3.63, 3.8) is 0 Å².